The first-order valence-corrected chi connectivity index (χ1v) is 24.4. The lowest BCUT2D eigenvalue weighted by molar-refractivity contribution is 1.17. The first-order valence-electron chi connectivity index (χ1n) is 22.7. The molecule has 5 heterocycles. The maximum absolute atomic E-state index is 2.46. The van der Waals surface area contributed by atoms with Gasteiger partial charge in [0, 0.05) is 48.4 Å². The third kappa shape index (κ3) is 6.09. The molecule has 9 aromatic carbocycles. The molecule has 0 fully saturated rings. The van der Waals surface area contributed by atoms with Crippen molar-refractivity contribution in [3.63, 3.8) is 0 Å². The second kappa shape index (κ2) is 15.2. The number of fused-ring (bicyclic) bond motifs is 9. The van der Waals surface area contributed by atoms with Crippen LogP contribution in [0.25, 0.3) is 124 Å². The molecule has 3 nitrogen and oxygen atoms in total. The molecule has 0 aliphatic rings. The summed E-state index contributed by atoms with van der Waals surface area (Å²) in [5.41, 5.74) is 18.0. The van der Waals surface area contributed by atoms with Gasteiger partial charge in [-0.3, -0.25) is 0 Å². The number of rotatable bonds is 7. The van der Waals surface area contributed by atoms with Crippen LogP contribution in [0.2, 0.25) is 0 Å². The number of para-hydroxylation sites is 3. The van der Waals surface area contributed by atoms with E-state index in [9.17, 15) is 0 Å². The van der Waals surface area contributed by atoms with Crippen LogP contribution in [0.3, 0.4) is 0 Å². The van der Waals surface area contributed by atoms with Gasteiger partial charge in [0.05, 0.1) is 42.5 Å². The quantitative estimate of drug-likeness (QED) is 0.151. The van der Waals surface area contributed by atoms with E-state index in [2.05, 4.69) is 250 Å². The summed E-state index contributed by atoms with van der Waals surface area (Å²) in [5, 5.41) is 4.92. The number of hydrogen-bond acceptors (Lipinski definition) is 2. The van der Waals surface area contributed by atoms with Crippen molar-refractivity contribution in [2.75, 3.05) is 0 Å². The molecule has 0 aliphatic heterocycles. The highest BCUT2D eigenvalue weighted by Gasteiger charge is 2.23. The number of thiophene rings is 2. The Hall–Kier alpha value is -8.22. The molecule has 314 valence electrons. The van der Waals surface area contributed by atoms with E-state index in [1.165, 1.54) is 113 Å². The first kappa shape index (κ1) is 38.1. The minimum Gasteiger partial charge on any atom is -0.309 e. The zero-order chi connectivity index (χ0) is 44.0. The minimum absolute atomic E-state index is 1.15. The molecule has 5 heteroatoms. The Labute approximate surface area is 394 Å². The molecular formula is C62H39N3S2. The van der Waals surface area contributed by atoms with Gasteiger partial charge in [-0.05, 0) is 124 Å². The highest BCUT2D eigenvalue weighted by molar-refractivity contribution is 7.30. The van der Waals surface area contributed by atoms with Gasteiger partial charge >= 0.3 is 0 Å². The molecule has 0 unspecified atom stereocenters. The van der Waals surface area contributed by atoms with Crippen LogP contribution < -0.4 is 0 Å². The van der Waals surface area contributed by atoms with E-state index >= 15 is 0 Å². The van der Waals surface area contributed by atoms with Crippen LogP contribution in [0.15, 0.2) is 237 Å². The Morgan fingerprint density at radius 3 is 1.09 bits per heavy atom. The molecule has 14 aromatic rings. The molecule has 0 bridgehead atoms. The lowest BCUT2D eigenvalue weighted by Gasteiger charge is -2.09. The Morgan fingerprint density at radius 1 is 0.224 bits per heavy atom. The maximum Gasteiger partial charge on any atom is 0.0711 e. The van der Waals surface area contributed by atoms with Gasteiger partial charge in [-0.25, -0.2) is 0 Å². The van der Waals surface area contributed by atoms with E-state index in [0.717, 1.165) is 11.4 Å². The third-order valence-corrected chi connectivity index (χ3v) is 16.0. The van der Waals surface area contributed by atoms with Gasteiger partial charge in [-0.2, -0.15) is 0 Å². The smallest absolute Gasteiger partial charge is 0.0711 e. The van der Waals surface area contributed by atoms with Crippen LogP contribution >= 0.6 is 22.7 Å². The summed E-state index contributed by atoms with van der Waals surface area (Å²) < 4.78 is 10.0. The lowest BCUT2D eigenvalue weighted by atomic mass is 9.98. The van der Waals surface area contributed by atoms with E-state index in [1.807, 2.05) is 22.7 Å². The van der Waals surface area contributed by atoms with Crippen molar-refractivity contribution in [1.29, 1.82) is 0 Å². The van der Waals surface area contributed by atoms with Crippen molar-refractivity contribution in [2.45, 2.75) is 0 Å². The Bertz CT molecular complexity index is 4170. The molecule has 14 rings (SSSR count). The predicted octanol–water partition coefficient (Wildman–Crippen LogP) is 17.8. The molecule has 67 heavy (non-hydrogen) atoms. The Kier molecular flexibility index (Phi) is 8.63. The molecule has 0 amide bonds. The van der Waals surface area contributed by atoms with Gasteiger partial charge in [0.15, 0.2) is 0 Å². The third-order valence-electron chi connectivity index (χ3n) is 13.5. The van der Waals surface area contributed by atoms with Crippen molar-refractivity contribution >= 4 is 86.7 Å². The highest BCUT2D eigenvalue weighted by atomic mass is 32.1. The number of benzene rings is 9. The summed E-state index contributed by atoms with van der Waals surface area (Å²) in [7, 11) is 0. The van der Waals surface area contributed by atoms with Crippen LogP contribution in [0.4, 0.5) is 0 Å². The molecule has 0 atom stereocenters. The first-order chi connectivity index (χ1) is 33.2. The SMILES string of the molecule is c1ccc(-c2cccc(-c3ccc4c(c3)c3cc5c(cc3n4-c3ccccc3)c3cc(-c4cc6c(s4)c4sc(-c7ccccc7)cc4n6-c4ccccc4)ccc3n5-c3ccccc3)c2)cc1. The number of hydrogen-bond donors (Lipinski definition) is 0. The van der Waals surface area contributed by atoms with Crippen molar-refractivity contribution in [2.24, 2.45) is 0 Å². The molecule has 0 aliphatic carbocycles. The molecule has 0 spiro atoms. The predicted molar refractivity (Wildman–Crippen MR) is 287 cm³/mol. The average molecular weight is 890 g/mol. The zero-order valence-electron chi connectivity index (χ0n) is 36.2. The van der Waals surface area contributed by atoms with Gasteiger partial charge in [0.1, 0.15) is 0 Å². The van der Waals surface area contributed by atoms with E-state index in [1.54, 1.807) is 0 Å². The molecular weight excluding hydrogens is 851 g/mol. The van der Waals surface area contributed by atoms with Crippen LogP contribution in [-0.4, -0.2) is 13.7 Å². The van der Waals surface area contributed by atoms with Gasteiger partial charge in [0.25, 0.3) is 0 Å². The zero-order valence-corrected chi connectivity index (χ0v) is 37.8. The van der Waals surface area contributed by atoms with E-state index < -0.39 is 0 Å². The van der Waals surface area contributed by atoms with Crippen molar-refractivity contribution in [3.05, 3.63) is 237 Å². The standard InChI is InChI=1S/C62H39N3S2/c1-6-17-40(18-7-1)42-21-16-22-43(33-42)44-29-31-53-49(34-44)51-36-56-52(37-55(51)63(53)46-23-10-3-11-24-46)50-35-45(30-32-54(50)64(56)47-25-12-4-13-26-47)60-39-58-62(67-60)61-57(65(58)48-27-14-5-15-28-48)38-59(66-61)41-19-8-2-9-20-41/h1-39H. The largest absolute Gasteiger partial charge is 0.309 e. The summed E-state index contributed by atoms with van der Waals surface area (Å²) in [5.74, 6) is 0. The molecule has 0 N–H and O–H groups in total. The summed E-state index contributed by atoms with van der Waals surface area (Å²) >= 11 is 3.80. The molecule has 0 saturated carbocycles. The van der Waals surface area contributed by atoms with Crippen LogP contribution in [0, 0.1) is 0 Å². The fraction of sp³-hybridized carbons (Fsp3) is 0. The lowest BCUT2D eigenvalue weighted by Crippen LogP contribution is -1.94. The summed E-state index contributed by atoms with van der Waals surface area (Å²) in [4.78, 5) is 2.55. The molecule has 5 aromatic heterocycles. The Balaban J connectivity index is 0.999. The van der Waals surface area contributed by atoms with Crippen LogP contribution in [0.1, 0.15) is 0 Å². The van der Waals surface area contributed by atoms with E-state index in [0.29, 0.717) is 0 Å². The summed E-state index contributed by atoms with van der Waals surface area (Å²) in [6.45, 7) is 0. The average Bonchev–Trinajstić information content (AvgIpc) is 4.22. The van der Waals surface area contributed by atoms with Gasteiger partial charge in [0.2, 0.25) is 0 Å². The van der Waals surface area contributed by atoms with Crippen LogP contribution in [-0.2, 0) is 0 Å². The van der Waals surface area contributed by atoms with Gasteiger partial charge < -0.3 is 13.7 Å². The monoisotopic (exact) mass is 889 g/mol. The second-order valence-electron chi connectivity index (χ2n) is 17.3. The van der Waals surface area contributed by atoms with Gasteiger partial charge in [-0.15, -0.1) is 22.7 Å². The number of aromatic nitrogens is 3. The summed E-state index contributed by atoms with van der Waals surface area (Å²) in [6, 6.07) is 86.7. The Morgan fingerprint density at radius 2 is 0.582 bits per heavy atom. The topological polar surface area (TPSA) is 14.8 Å². The van der Waals surface area contributed by atoms with Crippen LogP contribution in [0.5, 0.6) is 0 Å². The minimum atomic E-state index is 1.15. The molecule has 0 radical (unpaired) electrons. The highest BCUT2D eigenvalue weighted by Crippen LogP contribution is 2.48. The normalized spacial score (nSPS) is 11.9. The second-order valence-corrected chi connectivity index (χ2v) is 19.4. The maximum atomic E-state index is 2.46. The molecule has 0 saturated heterocycles. The van der Waals surface area contributed by atoms with E-state index in [-0.39, 0.29) is 0 Å². The number of nitrogens with zero attached hydrogens (tertiary/aromatic N) is 3. The fourth-order valence-electron chi connectivity index (χ4n) is 10.4. The van der Waals surface area contributed by atoms with Crippen molar-refractivity contribution in [3.8, 4) is 60.2 Å². The van der Waals surface area contributed by atoms with E-state index in [4.69, 9.17) is 0 Å². The fourth-order valence-corrected chi connectivity index (χ4v) is 12.8. The van der Waals surface area contributed by atoms with Crippen molar-refractivity contribution < 1.29 is 0 Å². The van der Waals surface area contributed by atoms with Gasteiger partial charge in [-0.1, -0.05) is 146 Å². The summed E-state index contributed by atoms with van der Waals surface area (Å²) in [6.07, 6.45) is 0. The van der Waals surface area contributed by atoms with Crippen molar-refractivity contribution in [1.82, 2.24) is 13.7 Å².